The van der Waals surface area contributed by atoms with Gasteiger partial charge in [-0.15, -0.1) is 0 Å². The van der Waals surface area contributed by atoms with Gasteiger partial charge in [0.05, 0.1) is 10.9 Å². The van der Waals surface area contributed by atoms with Crippen LogP contribution in [0, 0.1) is 6.92 Å². The van der Waals surface area contributed by atoms with Gasteiger partial charge in [-0.2, -0.15) is 4.31 Å². The SMILES string of the molecule is Cc1ccc(S(=O)(=O)N2C[C@H]2c2ccccc2)cc1. The quantitative estimate of drug-likeness (QED) is 0.806. The second-order valence-electron chi connectivity index (χ2n) is 4.81. The Hall–Kier alpha value is -1.65. The lowest BCUT2D eigenvalue weighted by Crippen LogP contribution is -2.12. The first-order chi connectivity index (χ1) is 9.09. The van der Waals surface area contributed by atoms with E-state index in [4.69, 9.17) is 0 Å². The lowest BCUT2D eigenvalue weighted by Gasteiger charge is -2.06. The Morgan fingerprint density at radius 3 is 2.26 bits per heavy atom. The second kappa shape index (κ2) is 4.47. The first kappa shape index (κ1) is 12.4. The fourth-order valence-electron chi connectivity index (χ4n) is 2.18. The van der Waals surface area contributed by atoms with E-state index in [0.717, 1.165) is 11.1 Å². The van der Waals surface area contributed by atoms with Crippen molar-refractivity contribution in [2.45, 2.75) is 17.9 Å². The van der Waals surface area contributed by atoms with Crippen molar-refractivity contribution < 1.29 is 8.42 Å². The Bertz CT molecular complexity index is 678. The van der Waals surface area contributed by atoms with E-state index in [2.05, 4.69) is 0 Å². The average molecular weight is 273 g/mol. The van der Waals surface area contributed by atoms with Gasteiger partial charge in [0.2, 0.25) is 10.0 Å². The molecule has 0 amide bonds. The molecule has 1 heterocycles. The number of nitrogens with zero attached hydrogens (tertiary/aromatic N) is 1. The average Bonchev–Trinajstić information content (AvgIpc) is 3.21. The van der Waals surface area contributed by atoms with Gasteiger partial charge in [-0.05, 0) is 24.6 Å². The van der Waals surface area contributed by atoms with Crippen molar-refractivity contribution in [1.29, 1.82) is 0 Å². The molecule has 0 bridgehead atoms. The molecule has 2 atom stereocenters. The van der Waals surface area contributed by atoms with E-state index in [9.17, 15) is 8.42 Å². The van der Waals surface area contributed by atoms with Crippen molar-refractivity contribution in [2.75, 3.05) is 6.54 Å². The molecule has 1 fully saturated rings. The molecule has 0 aromatic heterocycles. The smallest absolute Gasteiger partial charge is 0.207 e. The number of hydrogen-bond donors (Lipinski definition) is 0. The van der Waals surface area contributed by atoms with Gasteiger partial charge in [-0.25, -0.2) is 8.42 Å². The molecule has 1 unspecified atom stereocenters. The minimum Gasteiger partial charge on any atom is -0.207 e. The molecule has 0 saturated carbocycles. The molecular formula is C15H15NO2S. The molecule has 2 aromatic rings. The monoisotopic (exact) mass is 273 g/mol. The number of benzene rings is 2. The molecule has 19 heavy (non-hydrogen) atoms. The van der Waals surface area contributed by atoms with E-state index in [1.165, 1.54) is 4.31 Å². The Balaban J connectivity index is 1.86. The Morgan fingerprint density at radius 1 is 1.00 bits per heavy atom. The molecule has 1 aliphatic heterocycles. The highest BCUT2D eigenvalue weighted by molar-refractivity contribution is 7.89. The predicted octanol–water partition coefficient (Wildman–Crippen LogP) is 2.74. The predicted molar refractivity (Wildman–Crippen MR) is 74.3 cm³/mol. The fourth-order valence-corrected chi connectivity index (χ4v) is 3.73. The Morgan fingerprint density at radius 2 is 1.63 bits per heavy atom. The van der Waals surface area contributed by atoms with Crippen molar-refractivity contribution >= 4 is 10.0 Å². The molecule has 0 aliphatic carbocycles. The largest absolute Gasteiger partial charge is 0.243 e. The minimum absolute atomic E-state index is 0.00694. The standard InChI is InChI=1S/C15H15NO2S/c1-12-7-9-14(10-8-12)19(17,18)16-11-15(16)13-5-3-2-4-6-13/h2-10,15H,11H2,1H3/t15-,16?/m0/s1. The summed E-state index contributed by atoms with van der Waals surface area (Å²) in [5.74, 6) is 0. The summed E-state index contributed by atoms with van der Waals surface area (Å²) in [5, 5.41) is 0. The molecule has 0 N–H and O–H groups in total. The van der Waals surface area contributed by atoms with Gasteiger partial charge in [0, 0.05) is 6.54 Å². The maximum atomic E-state index is 12.4. The summed E-state index contributed by atoms with van der Waals surface area (Å²) in [6.07, 6.45) is 0. The van der Waals surface area contributed by atoms with Crippen LogP contribution in [0.15, 0.2) is 59.5 Å². The molecule has 3 nitrogen and oxygen atoms in total. The third-order valence-electron chi connectivity index (χ3n) is 3.38. The first-order valence-corrected chi connectivity index (χ1v) is 7.66. The molecule has 3 rings (SSSR count). The lowest BCUT2D eigenvalue weighted by atomic mass is 10.2. The summed E-state index contributed by atoms with van der Waals surface area (Å²) in [7, 11) is -3.35. The number of rotatable bonds is 3. The summed E-state index contributed by atoms with van der Waals surface area (Å²) in [5.41, 5.74) is 2.11. The summed E-state index contributed by atoms with van der Waals surface area (Å²) < 4.78 is 26.4. The molecule has 0 spiro atoms. The molecule has 0 radical (unpaired) electrons. The van der Waals surface area contributed by atoms with E-state index in [1.807, 2.05) is 49.4 Å². The van der Waals surface area contributed by atoms with Crippen molar-refractivity contribution in [1.82, 2.24) is 4.31 Å². The fraction of sp³-hybridized carbons (Fsp3) is 0.200. The molecule has 1 saturated heterocycles. The van der Waals surface area contributed by atoms with Crippen LogP contribution in [-0.2, 0) is 10.0 Å². The summed E-state index contributed by atoms with van der Waals surface area (Å²) >= 11 is 0. The van der Waals surface area contributed by atoms with Crippen LogP contribution in [-0.4, -0.2) is 19.3 Å². The topological polar surface area (TPSA) is 37.1 Å². The maximum Gasteiger partial charge on any atom is 0.243 e. The zero-order valence-electron chi connectivity index (χ0n) is 10.7. The Kier molecular flexibility index (Phi) is 2.92. The van der Waals surface area contributed by atoms with E-state index in [0.29, 0.717) is 11.4 Å². The van der Waals surface area contributed by atoms with Crippen LogP contribution in [0.5, 0.6) is 0 Å². The van der Waals surface area contributed by atoms with Gasteiger partial charge < -0.3 is 0 Å². The van der Waals surface area contributed by atoms with E-state index in [-0.39, 0.29) is 6.04 Å². The van der Waals surface area contributed by atoms with Crippen LogP contribution >= 0.6 is 0 Å². The lowest BCUT2D eigenvalue weighted by molar-refractivity contribution is 0.554. The van der Waals surface area contributed by atoms with Gasteiger partial charge >= 0.3 is 0 Å². The van der Waals surface area contributed by atoms with Crippen molar-refractivity contribution in [3.63, 3.8) is 0 Å². The zero-order chi connectivity index (χ0) is 13.5. The zero-order valence-corrected chi connectivity index (χ0v) is 11.5. The van der Waals surface area contributed by atoms with Gasteiger partial charge in [0.1, 0.15) is 0 Å². The summed E-state index contributed by atoms with van der Waals surface area (Å²) in [4.78, 5) is 0.372. The highest BCUT2D eigenvalue weighted by Gasteiger charge is 2.45. The maximum absolute atomic E-state index is 12.4. The van der Waals surface area contributed by atoms with Crippen LogP contribution in [0.25, 0.3) is 0 Å². The van der Waals surface area contributed by atoms with Gasteiger partial charge in [-0.1, -0.05) is 48.0 Å². The number of hydrogen-bond acceptors (Lipinski definition) is 2. The van der Waals surface area contributed by atoms with E-state index < -0.39 is 10.0 Å². The van der Waals surface area contributed by atoms with Gasteiger partial charge in [-0.3, -0.25) is 0 Å². The first-order valence-electron chi connectivity index (χ1n) is 6.22. The third kappa shape index (κ3) is 2.29. The van der Waals surface area contributed by atoms with Crippen LogP contribution < -0.4 is 0 Å². The highest BCUT2D eigenvalue weighted by Crippen LogP contribution is 2.40. The van der Waals surface area contributed by atoms with Crippen LogP contribution in [0.3, 0.4) is 0 Å². The minimum atomic E-state index is -3.35. The molecule has 98 valence electrons. The van der Waals surface area contributed by atoms with Gasteiger partial charge in [0.15, 0.2) is 0 Å². The Labute approximate surface area is 113 Å². The van der Waals surface area contributed by atoms with Crippen LogP contribution in [0.1, 0.15) is 17.2 Å². The highest BCUT2D eigenvalue weighted by atomic mass is 32.2. The summed E-state index contributed by atoms with van der Waals surface area (Å²) in [6.45, 7) is 2.51. The molecular weight excluding hydrogens is 258 g/mol. The van der Waals surface area contributed by atoms with E-state index in [1.54, 1.807) is 12.1 Å². The van der Waals surface area contributed by atoms with Crippen LogP contribution in [0.2, 0.25) is 0 Å². The molecule has 2 aromatic carbocycles. The second-order valence-corrected chi connectivity index (χ2v) is 6.70. The van der Waals surface area contributed by atoms with E-state index >= 15 is 0 Å². The van der Waals surface area contributed by atoms with Crippen molar-refractivity contribution in [3.8, 4) is 0 Å². The molecule has 1 aliphatic rings. The third-order valence-corrected chi connectivity index (χ3v) is 5.27. The van der Waals surface area contributed by atoms with Crippen molar-refractivity contribution in [2.24, 2.45) is 0 Å². The summed E-state index contributed by atoms with van der Waals surface area (Å²) in [6, 6.07) is 16.7. The van der Waals surface area contributed by atoms with Gasteiger partial charge in [0.25, 0.3) is 0 Å². The molecule has 4 heteroatoms. The van der Waals surface area contributed by atoms with Crippen LogP contribution in [0.4, 0.5) is 0 Å². The van der Waals surface area contributed by atoms with Crippen molar-refractivity contribution in [3.05, 3.63) is 65.7 Å². The number of aryl methyl sites for hydroxylation is 1. The normalized spacial score (nSPS) is 22.2. The number of sulfonamides is 1.